The molecule has 1 heterocycles. The van der Waals surface area contributed by atoms with E-state index in [2.05, 4.69) is 96.2 Å². The first-order valence-electron chi connectivity index (χ1n) is 9.72. The second-order valence-corrected chi connectivity index (χ2v) is 9.18. The van der Waals surface area contributed by atoms with Crippen molar-refractivity contribution < 1.29 is 0 Å². The summed E-state index contributed by atoms with van der Waals surface area (Å²) in [5.74, 6) is 0.565. The molecule has 2 heteroatoms. The van der Waals surface area contributed by atoms with Gasteiger partial charge in [0.2, 0.25) is 0 Å². The molecule has 1 atom stereocenters. The molecule has 3 rings (SSSR count). The van der Waals surface area contributed by atoms with Gasteiger partial charge in [-0.05, 0) is 39.6 Å². The maximum absolute atomic E-state index is 2.43. The van der Waals surface area contributed by atoms with Crippen LogP contribution in [0, 0.1) is 0 Å². The normalized spacial score (nSPS) is 13.7. The molecule has 0 amide bonds. The van der Waals surface area contributed by atoms with Crippen molar-refractivity contribution in [3.8, 4) is 21.6 Å². The maximum Gasteiger partial charge on any atom is 0.115 e. The van der Waals surface area contributed by atoms with Crippen LogP contribution in [0.3, 0.4) is 0 Å². The van der Waals surface area contributed by atoms with Crippen LogP contribution in [-0.4, -0.2) is 7.85 Å². The van der Waals surface area contributed by atoms with E-state index in [0.717, 1.165) is 0 Å². The lowest BCUT2D eigenvalue weighted by molar-refractivity contribution is 0.597. The van der Waals surface area contributed by atoms with Gasteiger partial charge in [-0.1, -0.05) is 95.1 Å². The Hall–Kier alpha value is -1.80. The van der Waals surface area contributed by atoms with Crippen molar-refractivity contribution in [3.05, 3.63) is 71.1 Å². The highest BCUT2D eigenvalue weighted by Crippen LogP contribution is 2.42. The summed E-state index contributed by atoms with van der Waals surface area (Å²) in [5.41, 5.74) is 5.41. The number of thiophene rings is 1. The Morgan fingerprint density at radius 3 is 2.08 bits per heavy atom. The SMILES string of the molecule is BC(C)(CCC)c1sc(-c2ccc(-c3ccccc3)cc2)cc1C(C)C. The van der Waals surface area contributed by atoms with Gasteiger partial charge in [0.15, 0.2) is 0 Å². The van der Waals surface area contributed by atoms with Crippen LogP contribution in [0.5, 0.6) is 0 Å². The summed E-state index contributed by atoms with van der Waals surface area (Å²) in [4.78, 5) is 2.96. The maximum atomic E-state index is 2.43. The smallest absolute Gasteiger partial charge is 0.115 e. The van der Waals surface area contributed by atoms with Crippen molar-refractivity contribution in [2.24, 2.45) is 0 Å². The van der Waals surface area contributed by atoms with E-state index < -0.39 is 0 Å². The molecule has 0 saturated heterocycles. The van der Waals surface area contributed by atoms with Gasteiger partial charge in [-0.15, -0.1) is 11.3 Å². The van der Waals surface area contributed by atoms with Crippen LogP contribution in [-0.2, 0) is 5.31 Å². The third-order valence-electron chi connectivity index (χ3n) is 5.15. The molecule has 134 valence electrons. The summed E-state index contributed by atoms with van der Waals surface area (Å²) in [6.07, 6.45) is 2.46. The summed E-state index contributed by atoms with van der Waals surface area (Å²) in [6.45, 7) is 9.32. The molecule has 0 aliphatic rings. The molecule has 1 aromatic heterocycles. The first kappa shape index (κ1) is 19.0. The Morgan fingerprint density at radius 1 is 0.923 bits per heavy atom. The zero-order valence-corrected chi connectivity index (χ0v) is 17.5. The average Bonchev–Trinajstić information content (AvgIpc) is 3.09. The Kier molecular flexibility index (Phi) is 5.72. The third-order valence-corrected chi connectivity index (χ3v) is 6.71. The van der Waals surface area contributed by atoms with Gasteiger partial charge < -0.3 is 0 Å². The number of rotatable bonds is 6. The van der Waals surface area contributed by atoms with E-state index in [1.165, 1.54) is 40.0 Å². The van der Waals surface area contributed by atoms with Crippen molar-refractivity contribution >= 4 is 19.2 Å². The first-order valence-corrected chi connectivity index (χ1v) is 10.5. The van der Waals surface area contributed by atoms with E-state index in [-0.39, 0.29) is 5.31 Å². The number of hydrogen-bond donors (Lipinski definition) is 0. The molecular formula is C24H29BS. The second kappa shape index (κ2) is 7.84. The zero-order valence-electron chi connectivity index (χ0n) is 16.7. The molecule has 0 bridgehead atoms. The molecule has 0 aliphatic heterocycles. The first-order chi connectivity index (χ1) is 12.4. The number of hydrogen-bond acceptors (Lipinski definition) is 1. The predicted molar refractivity (Wildman–Crippen MR) is 120 cm³/mol. The van der Waals surface area contributed by atoms with Crippen LogP contribution in [0.15, 0.2) is 60.7 Å². The molecular weight excluding hydrogens is 331 g/mol. The molecule has 3 aromatic rings. The number of benzene rings is 2. The van der Waals surface area contributed by atoms with Crippen LogP contribution in [0.25, 0.3) is 21.6 Å². The molecule has 0 spiro atoms. The molecule has 0 N–H and O–H groups in total. The largest absolute Gasteiger partial charge is 0.140 e. The van der Waals surface area contributed by atoms with E-state index in [1.54, 1.807) is 4.88 Å². The molecule has 0 nitrogen and oxygen atoms in total. The molecule has 0 fully saturated rings. The standard InChI is InChI=1S/C24H29BS/c1-5-15-24(4,25)23-21(17(2)3)16-22(26-23)20-13-11-19(12-14-20)18-9-7-6-8-10-18/h6-14,16-17H,5,15,25H2,1-4H3. The van der Waals surface area contributed by atoms with Crippen LogP contribution in [0.4, 0.5) is 0 Å². The van der Waals surface area contributed by atoms with E-state index >= 15 is 0 Å². The lowest BCUT2D eigenvalue weighted by atomic mass is 9.65. The van der Waals surface area contributed by atoms with Gasteiger partial charge in [-0.2, -0.15) is 0 Å². The van der Waals surface area contributed by atoms with Crippen LogP contribution in [0.2, 0.25) is 0 Å². The van der Waals surface area contributed by atoms with Gasteiger partial charge >= 0.3 is 0 Å². The van der Waals surface area contributed by atoms with Crippen LogP contribution < -0.4 is 0 Å². The molecule has 26 heavy (non-hydrogen) atoms. The highest BCUT2D eigenvalue weighted by Gasteiger charge is 2.26. The lowest BCUT2D eigenvalue weighted by Gasteiger charge is -2.25. The zero-order chi connectivity index (χ0) is 18.7. The van der Waals surface area contributed by atoms with Gasteiger partial charge in [0, 0.05) is 9.75 Å². The van der Waals surface area contributed by atoms with Crippen molar-refractivity contribution in [3.63, 3.8) is 0 Å². The molecule has 1 unspecified atom stereocenters. The van der Waals surface area contributed by atoms with Gasteiger partial charge in [-0.3, -0.25) is 0 Å². The summed E-state index contributed by atoms with van der Waals surface area (Å²) < 4.78 is 0. The molecule has 0 radical (unpaired) electrons. The summed E-state index contributed by atoms with van der Waals surface area (Å²) >= 11 is 1.99. The van der Waals surface area contributed by atoms with Gasteiger partial charge in [-0.25, -0.2) is 0 Å². The third kappa shape index (κ3) is 3.96. The average molecular weight is 360 g/mol. The second-order valence-electron chi connectivity index (χ2n) is 8.13. The van der Waals surface area contributed by atoms with Gasteiger partial charge in [0.1, 0.15) is 7.85 Å². The van der Waals surface area contributed by atoms with Crippen molar-refractivity contribution in [1.29, 1.82) is 0 Å². The summed E-state index contributed by atoms with van der Waals surface area (Å²) in [6, 6.07) is 22.1. The fourth-order valence-electron chi connectivity index (χ4n) is 3.70. The molecule has 0 aliphatic carbocycles. The van der Waals surface area contributed by atoms with E-state index in [1.807, 2.05) is 11.3 Å². The Balaban J connectivity index is 1.97. The topological polar surface area (TPSA) is 0 Å². The van der Waals surface area contributed by atoms with Gasteiger partial charge in [0.05, 0.1) is 0 Å². The minimum absolute atomic E-state index is 0.251. The van der Waals surface area contributed by atoms with Gasteiger partial charge in [0.25, 0.3) is 0 Å². The summed E-state index contributed by atoms with van der Waals surface area (Å²) in [7, 11) is 2.40. The fraction of sp³-hybridized carbons (Fsp3) is 0.333. The lowest BCUT2D eigenvalue weighted by Crippen LogP contribution is -2.22. The van der Waals surface area contributed by atoms with E-state index in [9.17, 15) is 0 Å². The predicted octanol–water partition coefficient (Wildman–Crippen LogP) is 6.85. The van der Waals surface area contributed by atoms with Crippen molar-refractivity contribution in [2.75, 3.05) is 0 Å². The van der Waals surface area contributed by atoms with Crippen LogP contribution in [0.1, 0.15) is 56.9 Å². The highest BCUT2D eigenvalue weighted by molar-refractivity contribution is 7.16. The minimum atomic E-state index is 0.251. The quantitative estimate of drug-likeness (QED) is 0.422. The molecule has 0 saturated carbocycles. The fourth-order valence-corrected chi connectivity index (χ4v) is 5.15. The summed E-state index contributed by atoms with van der Waals surface area (Å²) in [5, 5.41) is 0.251. The monoisotopic (exact) mass is 360 g/mol. The minimum Gasteiger partial charge on any atom is -0.140 e. The Morgan fingerprint density at radius 2 is 1.50 bits per heavy atom. The van der Waals surface area contributed by atoms with Crippen molar-refractivity contribution in [2.45, 2.75) is 51.8 Å². The van der Waals surface area contributed by atoms with Crippen LogP contribution >= 0.6 is 11.3 Å². The van der Waals surface area contributed by atoms with E-state index in [0.29, 0.717) is 5.92 Å². The Bertz CT molecular complexity index is 842. The Labute approximate surface area is 163 Å². The highest BCUT2D eigenvalue weighted by atomic mass is 32.1. The molecule has 2 aromatic carbocycles. The van der Waals surface area contributed by atoms with E-state index in [4.69, 9.17) is 0 Å². The van der Waals surface area contributed by atoms with Crippen molar-refractivity contribution in [1.82, 2.24) is 0 Å².